The molecule has 182 valence electrons. The second kappa shape index (κ2) is 9.28. The molecule has 0 amide bonds. The molecule has 1 saturated heterocycles. The number of ether oxygens (including phenoxy) is 1. The molecule has 3 atom stereocenters. The molecule has 2 aromatic carbocycles. The lowest BCUT2D eigenvalue weighted by Crippen LogP contribution is -2.34. The van der Waals surface area contributed by atoms with Crippen molar-refractivity contribution in [2.45, 2.75) is 38.5 Å². The van der Waals surface area contributed by atoms with Crippen molar-refractivity contribution in [1.82, 2.24) is 4.90 Å². The van der Waals surface area contributed by atoms with E-state index in [1.54, 1.807) is 12.1 Å². The number of hydrogen-bond acceptors (Lipinski definition) is 4. The van der Waals surface area contributed by atoms with E-state index in [9.17, 15) is 23.1 Å². The van der Waals surface area contributed by atoms with Crippen LogP contribution in [0.15, 0.2) is 30.3 Å². The van der Waals surface area contributed by atoms with Crippen molar-refractivity contribution < 1.29 is 27.8 Å². The number of anilines is 2. The van der Waals surface area contributed by atoms with E-state index in [4.69, 9.17) is 4.74 Å². The fourth-order valence-electron chi connectivity index (χ4n) is 5.45. The first kappa shape index (κ1) is 23.3. The number of carboxylic acid groups (broad SMARTS) is 1. The average molecular weight is 489 g/mol. The minimum Gasteiger partial charge on any atom is -0.492 e. The van der Waals surface area contributed by atoms with Crippen LogP contribution in [-0.4, -0.2) is 51.0 Å². The maximum atomic E-state index is 14.3. The van der Waals surface area contributed by atoms with Crippen molar-refractivity contribution >= 4 is 28.6 Å². The number of nitrogens with zero attached hydrogens (tertiary/aromatic N) is 2. The Morgan fingerprint density at radius 2 is 1.97 bits per heavy atom. The van der Waals surface area contributed by atoms with Crippen molar-refractivity contribution in [3.05, 3.63) is 52.8 Å². The lowest BCUT2D eigenvalue weighted by Gasteiger charge is -2.32. The lowest BCUT2D eigenvalue weighted by atomic mass is 9.89. The second-order valence-corrected chi connectivity index (χ2v) is 10.3. The Morgan fingerprint density at radius 3 is 2.65 bits per heavy atom. The van der Waals surface area contributed by atoms with Crippen LogP contribution in [-0.2, 0) is 17.7 Å². The summed E-state index contributed by atoms with van der Waals surface area (Å²) in [5.74, 6) is -0.382. The summed E-state index contributed by atoms with van der Waals surface area (Å²) in [6.07, 6.45) is 3.43. The smallest absolute Gasteiger partial charge is 0.341 e. The van der Waals surface area contributed by atoms with Gasteiger partial charge in [-0.2, -0.15) is 0 Å². The minimum absolute atomic E-state index is 0.0693. The summed E-state index contributed by atoms with van der Waals surface area (Å²) in [6, 6.07) is 7.47. The normalized spacial score (nSPS) is 22.9. The van der Waals surface area contributed by atoms with Crippen molar-refractivity contribution in [3.63, 3.8) is 0 Å². The third kappa shape index (κ3) is 4.32. The molecule has 34 heavy (non-hydrogen) atoms. The zero-order valence-electron chi connectivity index (χ0n) is 19.1. The van der Waals surface area contributed by atoms with Crippen molar-refractivity contribution in [3.8, 4) is 5.75 Å². The summed E-state index contributed by atoms with van der Waals surface area (Å²) in [6.45, 7) is 5.51. The van der Waals surface area contributed by atoms with Gasteiger partial charge in [-0.15, -0.1) is 0 Å². The van der Waals surface area contributed by atoms with Gasteiger partial charge < -0.3 is 14.7 Å². The summed E-state index contributed by atoms with van der Waals surface area (Å²) in [5, 5.41) is 10.1. The lowest BCUT2D eigenvalue weighted by molar-refractivity contribution is 0.0692. The molecule has 0 aromatic heterocycles. The number of hydrogen-bond donors (Lipinski definition) is 2. The monoisotopic (exact) mass is 488 g/mol. The van der Waals surface area contributed by atoms with Crippen molar-refractivity contribution in [1.29, 1.82) is 0 Å². The largest absolute Gasteiger partial charge is 0.492 e. The first-order chi connectivity index (χ1) is 16.4. The quantitative estimate of drug-likeness (QED) is 0.555. The van der Waals surface area contributed by atoms with Crippen molar-refractivity contribution in [2.24, 2.45) is 11.8 Å². The van der Waals surface area contributed by atoms with Gasteiger partial charge in [0, 0.05) is 5.92 Å². The van der Waals surface area contributed by atoms with Gasteiger partial charge in [-0.05, 0) is 92.5 Å². The van der Waals surface area contributed by atoms with E-state index in [0.29, 0.717) is 36.1 Å². The van der Waals surface area contributed by atoms with Crippen LogP contribution in [0, 0.1) is 17.7 Å². The van der Waals surface area contributed by atoms with Gasteiger partial charge in [0.1, 0.15) is 17.1 Å². The predicted molar refractivity (Wildman–Crippen MR) is 128 cm³/mol. The molecule has 5 rings (SSSR count). The zero-order chi connectivity index (χ0) is 24.0. The highest BCUT2D eigenvalue weighted by atomic mass is 32.2. The van der Waals surface area contributed by atoms with E-state index in [-0.39, 0.29) is 22.9 Å². The van der Waals surface area contributed by atoms with E-state index in [0.717, 1.165) is 48.8 Å². The Balaban J connectivity index is 1.55. The third-order valence-electron chi connectivity index (χ3n) is 7.44. The van der Waals surface area contributed by atoms with E-state index in [1.165, 1.54) is 18.2 Å². The number of piperidine rings is 1. The molecule has 2 aliphatic heterocycles. The summed E-state index contributed by atoms with van der Waals surface area (Å²) in [5.41, 5.74) is 1.71. The first-order valence-corrected chi connectivity index (χ1v) is 12.9. The zero-order valence-corrected chi connectivity index (χ0v) is 19.9. The van der Waals surface area contributed by atoms with Crippen LogP contribution in [0.5, 0.6) is 5.75 Å². The second-order valence-electron chi connectivity index (χ2n) is 9.48. The molecular formula is C25H29FN2O5S. The molecule has 7 nitrogen and oxygen atoms in total. The van der Waals surface area contributed by atoms with Gasteiger partial charge in [0.25, 0.3) is 11.3 Å². The molecule has 2 fully saturated rings. The average Bonchev–Trinajstić information content (AvgIpc) is 3.61. The molecule has 2 N–H and O–H groups in total. The molecule has 2 aromatic rings. The number of aromatic carboxylic acids is 1. The van der Waals surface area contributed by atoms with Gasteiger partial charge in [0.15, 0.2) is 0 Å². The van der Waals surface area contributed by atoms with Gasteiger partial charge in [0.05, 0.1) is 18.0 Å². The molecular weight excluding hydrogens is 459 g/mol. The molecule has 0 spiro atoms. The van der Waals surface area contributed by atoms with Crippen LogP contribution in [0.3, 0.4) is 0 Å². The number of benzene rings is 2. The maximum Gasteiger partial charge on any atom is 0.341 e. The maximum absolute atomic E-state index is 14.3. The minimum atomic E-state index is -2.58. The van der Waals surface area contributed by atoms with Gasteiger partial charge in [-0.1, -0.05) is 13.0 Å². The van der Waals surface area contributed by atoms with Crippen LogP contribution < -0.4 is 9.04 Å². The SMILES string of the molecule is CCN1CCC(Cc2cc(F)ccc2N(c2ccc3c(c2C(=O)O)OCC2CC32)S(=O)O)CC1. The molecule has 1 aliphatic carbocycles. The molecule has 9 heteroatoms. The molecule has 2 heterocycles. The summed E-state index contributed by atoms with van der Waals surface area (Å²) < 4.78 is 44.1. The Kier molecular flexibility index (Phi) is 6.35. The number of carbonyl (C=O) groups is 1. The van der Waals surface area contributed by atoms with Crippen LogP contribution in [0.2, 0.25) is 0 Å². The van der Waals surface area contributed by atoms with Crippen LogP contribution in [0.25, 0.3) is 0 Å². The summed E-state index contributed by atoms with van der Waals surface area (Å²) >= 11 is -2.58. The number of rotatable bonds is 7. The molecule has 0 bridgehead atoms. The summed E-state index contributed by atoms with van der Waals surface area (Å²) in [4.78, 5) is 14.7. The van der Waals surface area contributed by atoms with E-state index >= 15 is 0 Å². The highest BCUT2D eigenvalue weighted by molar-refractivity contribution is 7.81. The fraction of sp³-hybridized carbons (Fsp3) is 0.480. The first-order valence-electron chi connectivity index (χ1n) is 11.8. The highest BCUT2D eigenvalue weighted by Crippen LogP contribution is 2.56. The Bertz CT molecular complexity index is 1130. The topological polar surface area (TPSA) is 90.3 Å². The molecule has 3 aliphatic rings. The van der Waals surface area contributed by atoms with E-state index < -0.39 is 23.1 Å². The Hall–Kier alpha value is -2.49. The van der Waals surface area contributed by atoms with Crippen LogP contribution >= 0.6 is 0 Å². The summed E-state index contributed by atoms with van der Waals surface area (Å²) in [7, 11) is 0. The van der Waals surface area contributed by atoms with Crippen LogP contribution in [0.1, 0.15) is 53.6 Å². The Morgan fingerprint density at radius 1 is 1.24 bits per heavy atom. The van der Waals surface area contributed by atoms with E-state index in [1.807, 2.05) is 0 Å². The third-order valence-corrected chi connectivity index (χ3v) is 8.15. The van der Waals surface area contributed by atoms with Gasteiger partial charge in [-0.3, -0.25) is 4.55 Å². The van der Waals surface area contributed by atoms with Gasteiger partial charge in [0.2, 0.25) is 0 Å². The number of carboxylic acids is 1. The van der Waals surface area contributed by atoms with Crippen molar-refractivity contribution in [2.75, 3.05) is 30.5 Å². The molecule has 1 saturated carbocycles. The van der Waals surface area contributed by atoms with Gasteiger partial charge in [-0.25, -0.2) is 17.7 Å². The van der Waals surface area contributed by atoms with Gasteiger partial charge >= 0.3 is 5.97 Å². The highest BCUT2D eigenvalue weighted by Gasteiger charge is 2.46. The molecule has 3 unspecified atom stereocenters. The molecule has 0 radical (unpaired) electrons. The Labute approximate surface area is 200 Å². The number of likely N-dealkylation sites (tertiary alicyclic amines) is 1. The standard InChI is InChI=1S/C25H29FN2O5S/c1-2-27-9-7-15(8-10-27)11-16-12-18(26)3-5-21(16)28(34(31)32)22-6-4-19-20-13-17(20)14-33-24(19)23(22)25(29)30/h3-6,12,15,17,20H,2,7-11,13-14H2,1H3,(H,29,30)(H,31,32). The fourth-order valence-corrected chi connectivity index (χ4v) is 6.11. The predicted octanol–water partition coefficient (Wildman–Crippen LogP) is 4.57. The number of fused-ring (bicyclic) bond motifs is 3. The van der Waals surface area contributed by atoms with E-state index in [2.05, 4.69) is 11.8 Å². The number of halogens is 1. The van der Waals surface area contributed by atoms with Crippen LogP contribution in [0.4, 0.5) is 15.8 Å².